The van der Waals surface area contributed by atoms with Gasteiger partial charge in [0.2, 0.25) is 0 Å². The molecule has 94 valence electrons. The van der Waals surface area contributed by atoms with E-state index in [0.29, 0.717) is 0 Å². The molecular formula is C14H27NS. The van der Waals surface area contributed by atoms with Crippen molar-refractivity contribution in [3.8, 4) is 0 Å². The minimum atomic E-state index is 0.814. The molecule has 2 aliphatic rings. The van der Waals surface area contributed by atoms with Crippen LogP contribution in [0.2, 0.25) is 0 Å². The number of hydrogen-bond acceptors (Lipinski definition) is 2. The van der Waals surface area contributed by atoms with Crippen LogP contribution in [0.25, 0.3) is 0 Å². The van der Waals surface area contributed by atoms with Gasteiger partial charge in [-0.25, -0.2) is 0 Å². The van der Waals surface area contributed by atoms with Crippen molar-refractivity contribution >= 4 is 11.8 Å². The molecule has 1 nitrogen and oxygen atoms in total. The van der Waals surface area contributed by atoms with Crippen molar-refractivity contribution in [1.29, 1.82) is 0 Å². The van der Waals surface area contributed by atoms with Gasteiger partial charge < -0.3 is 5.73 Å². The quantitative estimate of drug-likeness (QED) is 0.757. The van der Waals surface area contributed by atoms with E-state index >= 15 is 0 Å². The van der Waals surface area contributed by atoms with E-state index in [1.165, 1.54) is 63.5 Å². The molecule has 0 amide bonds. The van der Waals surface area contributed by atoms with Crippen LogP contribution in [0.3, 0.4) is 0 Å². The summed E-state index contributed by atoms with van der Waals surface area (Å²) in [7, 11) is 0. The van der Waals surface area contributed by atoms with Crippen molar-refractivity contribution in [2.45, 2.75) is 63.0 Å². The molecule has 2 fully saturated rings. The van der Waals surface area contributed by atoms with Crippen LogP contribution in [-0.2, 0) is 0 Å². The summed E-state index contributed by atoms with van der Waals surface area (Å²) < 4.78 is 0. The van der Waals surface area contributed by atoms with Crippen LogP contribution >= 0.6 is 11.8 Å². The lowest BCUT2D eigenvalue weighted by atomic mass is 10.0. The number of hydrogen-bond donors (Lipinski definition) is 1. The molecule has 2 N–H and O–H groups in total. The first-order chi connectivity index (χ1) is 7.90. The number of thioether (sulfide) groups is 1. The van der Waals surface area contributed by atoms with Gasteiger partial charge in [-0.05, 0) is 49.8 Å². The highest BCUT2D eigenvalue weighted by atomic mass is 32.2. The molecule has 2 heteroatoms. The van der Waals surface area contributed by atoms with Gasteiger partial charge in [-0.1, -0.05) is 32.1 Å². The summed E-state index contributed by atoms with van der Waals surface area (Å²) in [6, 6.07) is 0. The van der Waals surface area contributed by atoms with Crippen LogP contribution in [0.1, 0.15) is 57.8 Å². The maximum absolute atomic E-state index is 5.93. The van der Waals surface area contributed by atoms with Gasteiger partial charge in [-0.15, -0.1) is 0 Å². The molecule has 0 aromatic rings. The first kappa shape index (κ1) is 12.8. The second-order valence-electron chi connectivity index (χ2n) is 5.66. The average molecular weight is 241 g/mol. The lowest BCUT2D eigenvalue weighted by Crippen LogP contribution is -2.25. The Kier molecular flexibility index (Phi) is 5.51. The predicted octanol–water partition coefficient (Wildman–Crippen LogP) is 3.82. The molecule has 0 aromatic carbocycles. The van der Waals surface area contributed by atoms with Crippen molar-refractivity contribution in [2.24, 2.45) is 17.6 Å². The highest BCUT2D eigenvalue weighted by Crippen LogP contribution is 2.35. The second-order valence-corrected chi connectivity index (χ2v) is 6.93. The fourth-order valence-corrected chi connectivity index (χ4v) is 4.98. The van der Waals surface area contributed by atoms with Gasteiger partial charge in [0, 0.05) is 5.25 Å². The first-order valence-electron chi connectivity index (χ1n) is 7.22. The van der Waals surface area contributed by atoms with E-state index in [1.54, 1.807) is 0 Å². The summed E-state index contributed by atoms with van der Waals surface area (Å²) in [5.41, 5.74) is 5.93. The fraction of sp³-hybridized carbons (Fsp3) is 1.00. The van der Waals surface area contributed by atoms with E-state index in [0.717, 1.165) is 23.6 Å². The van der Waals surface area contributed by atoms with Crippen molar-refractivity contribution in [1.82, 2.24) is 0 Å². The zero-order valence-electron chi connectivity index (χ0n) is 10.5. The number of nitrogens with two attached hydrogens (primary N) is 1. The molecule has 2 atom stereocenters. The maximum Gasteiger partial charge on any atom is 0.00874 e. The Balaban J connectivity index is 1.75. The monoisotopic (exact) mass is 241 g/mol. The van der Waals surface area contributed by atoms with E-state index in [-0.39, 0.29) is 0 Å². The van der Waals surface area contributed by atoms with Crippen molar-refractivity contribution in [3.05, 3.63) is 0 Å². The Hall–Kier alpha value is 0.310. The molecule has 16 heavy (non-hydrogen) atoms. The molecule has 0 heterocycles. The Bertz CT molecular complexity index is 189. The second kappa shape index (κ2) is 6.90. The van der Waals surface area contributed by atoms with Crippen LogP contribution in [0.5, 0.6) is 0 Å². The van der Waals surface area contributed by atoms with E-state index in [4.69, 9.17) is 5.73 Å². The van der Waals surface area contributed by atoms with Crippen LogP contribution in [0, 0.1) is 11.8 Å². The molecule has 0 saturated heterocycles. The van der Waals surface area contributed by atoms with Gasteiger partial charge in [-0.3, -0.25) is 0 Å². The molecule has 2 aliphatic carbocycles. The van der Waals surface area contributed by atoms with Gasteiger partial charge in [0.25, 0.3) is 0 Å². The lowest BCUT2D eigenvalue weighted by molar-refractivity contribution is 0.482. The van der Waals surface area contributed by atoms with Crippen LogP contribution < -0.4 is 5.73 Å². The summed E-state index contributed by atoms with van der Waals surface area (Å²) >= 11 is 2.26. The van der Waals surface area contributed by atoms with E-state index in [9.17, 15) is 0 Å². The van der Waals surface area contributed by atoms with Crippen LogP contribution in [0.15, 0.2) is 0 Å². The molecule has 0 spiro atoms. The van der Waals surface area contributed by atoms with Crippen molar-refractivity contribution < 1.29 is 0 Å². The largest absolute Gasteiger partial charge is 0.330 e. The van der Waals surface area contributed by atoms with Crippen LogP contribution in [0.4, 0.5) is 0 Å². The lowest BCUT2D eigenvalue weighted by Gasteiger charge is -2.24. The molecule has 2 rings (SSSR count). The molecule has 0 bridgehead atoms. The Morgan fingerprint density at radius 3 is 2.31 bits per heavy atom. The predicted molar refractivity (Wildman–Crippen MR) is 73.8 cm³/mol. The highest BCUT2D eigenvalue weighted by Gasteiger charge is 2.24. The molecule has 0 aromatic heterocycles. The number of rotatable bonds is 4. The standard InChI is InChI=1S/C14H27NS/c15-10-13-8-2-1-3-9-14(13)16-11-12-6-4-5-7-12/h12-14H,1-11,15H2. The molecule has 0 aliphatic heterocycles. The zero-order chi connectivity index (χ0) is 11.2. The summed E-state index contributed by atoms with van der Waals surface area (Å²) in [6.45, 7) is 0.919. The minimum Gasteiger partial charge on any atom is -0.330 e. The zero-order valence-corrected chi connectivity index (χ0v) is 11.3. The third kappa shape index (κ3) is 3.66. The Morgan fingerprint density at radius 1 is 0.875 bits per heavy atom. The minimum absolute atomic E-state index is 0.814. The van der Waals surface area contributed by atoms with E-state index in [1.807, 2.05) is 0 Å². The SMILES string of the molecule is NCC1CCCCCC1SCC1CCCC1. The van der Waals surface area contributed by atoms with Crippen molar-refractivity contribution in [3.63, 3.8) is 0 Å². The fourth-order valence-electron chi connectivity index (χ4n) is 3.28. The summed E-state index contributed by atoms with van der Waals surface area (Å²) in [6.07, 6.45) is 13.1. The maximum atomic E-state index is 5.93. The van der Waals surface area contributed by atoms with Crippen LogP contribution in [-0.4, -0.2) is 17.5 Å². The van der Waals surface area contributed by atoms with Gasteiger partial charge in [0.15, 0.2) is 0 Å². The molecular weight excluding hydrogens is 214 g/mol. The summed E-state index contributed by atoms with van der Waals surface area (Å²) in [4.78, 5) is 0. The van der Waals surface area contributed by atoms with Gasteiger partial charge >= 0.3 is 0 Å². The third-order valence-corrected chi connectivity index (χ3v) is 6.13. The van der Waals surface area contributed by atoms with Gasteiger partial charge in [0.05, 0.1) is 0 Å². The molecule has 2 unspecified atom stereocenters. The van der Waals surface area contributed by atoms with Gasteiger partial charge in [0.1, 0.15) is 0 Å². The Morgan fingerprint density at radius 2 is 1.56 bits per heavy atom. The topological polar surface area (TPSA) is 26.0 Å². The molecule has 0 radical (unpaired) electrons. The summed E-state index contributed by atoms with van der Waals surface area (Å²) in [5.74, 6) is 3.27. The summed E-state index contributed by atoms with van der Waals surface area (Å²) in [5, 5.41) is 0.882. The first-order valence-corrected chi connectivity index (χ1v) is 8.26. The highest BCUT2D eigenvalue weighted by molar-refractivity contribution is 7.99. The van der Waals surface area contributed by atoms with Gasteiger partial charge in [-0.2, -0.15) is 11.8 Å². The van der Waals surface area contributed by atoms with E-state index in [2.05, 4.69) is 11.8 Å². The smallest absolute Gasteiger partial charge is 0.00874 e. The Labute approximate surface area is 105 Å². The third-order valence-electron chi connectivity index (χ3n) is 4.41. The molecule has 2 saturated carbocycles. The van der Waals surface area contributed by atoms with E-state index < -0.39 is 0 Å². The average Bonchev–Trinajstić information content (AvgIpc) is 2.71. The van der Waals surface area contributed by atoms with Crippen molar-refractivity contribution in [2.75, 3.05) is 12.3 Å². The normalized spacial score (nSPS) is 32.8.